The Morgan fingerprint density at radius 3 is 2.74 bits per heavy atom. The van der Waals surface area contributed by atoms with E-state index >= 15 is 0 Å². The number of halogens is 2. The first-order valence-electron chi connectivity index (χ1n) is 5.45. The van der Waals surface area contributed by atoms with Crippen LogP contribution in [0.5, 0.6) is 0 Å². The fraction of sp³-hybridized carbons (Fsp3) is 0.500. The van der Waals surface area contributed by atoms with Gasteiger partial charge in [-0.15, -0.1) is 0 Å². The normalized spacial score (nSPS) is 23.5. The number of rotatable bonds is 3. The Bertz CT molecular complexity index is 599. The minimum Gasteiger partial charge on any atom is -0.443 e. The summed E-state index contributed by atoms with van der Waals surface area (Å²) < 4.78 is 32.7. The van der Waals surface area contributed by atoms with Gasteiger partial charge in [-0.05, 0) is 29.3 Å². The molecular weight excluding hydrogens is 362 g/mol. The van der Waals surface area contributed by atoms with Crippen molar-refractivity contribution in [2.45, 2.75) is 30.4 Å². The smallest absolute Gasteiger partial charge is 0.287 e. The fourth-order valence-corrected chi connectivity index (χ4v) is 3.82. The Morgan fingerprint density at radius 1 is 1.58 bits per heavy atom. The van der Waals surface area contributed by atoms with Gasteiger partial charge in [0.05, 0.1) is 12.1 Å². The van der Waals surface area contributed by atoms with Gasteiger partial charge in [-0.25, -0.2) is 8.42 Å². The SMILES string of the molecule is CC1OCCC1NC(=O)c1cc(S(=O)(=O)Cl)c(Br)o1. The summed E-state index contributed by atoms with van der Waals surface area (Å²) in [5.74, 6) is -0.625. The highest BCUT2D eigenvalue weighted by atomic mass is 79.9. The molecule has 1 aromatic heterocycles. The largest absolute Gasteiger partial charge is 0.443 e. The lowest BCUT2D eigenvalue weighted by Gasteiger charge is -2.14. The first-order chi connectivity index (χ1) is 8.79. The Kier molecular flexibility index (Phi) is 4.24. The zero-order valence-corrected chi connectivity index (χ0v) is 13.0. The summed E-state index contributed by atoms with van der Waals surface area (Å²) in [7, 11) is 1.25. The maximum atomic E-state index is 11.9. The number of hydrogen-bond donors (Lipinski definition) is 1. The van der Waals surface area contributed by atoms with E-state index in [0.29, 0.717) is 13.0 Å². The van der Waals surface area contributed by atoms with Crippen molar-refractivity contribution in [3.05, 3.63) is 16.5 Å². The van der Waals surface area contributed by atoms with E-state index in [-0.39, 0.29) is 27.5 Å². The second kappa shape index (κ2) is 5.43. The first-order valence-corrected chi connectivity index (χ1v) is 8.55. The van der Waals surface area contributed by atoms with Crippen LogP contribution in [-0.2, 0) is 13.8 Å². The molecule has 1 fully saturated rings. The van der Waals surface area contributed by atoms with Crippen molar-refractivity contribution in [2.75, 3.05) is 6.61 Å². The van der Waals surface area contributed by atoms with E-state index in [1.54, 1.807) is 0 Å². The van der Waals surface area contributed by atoms with Crippen LogP contribution in [0, 0.1) is 0 Å². The van der Waals surface area contributed by atoms with Crippen molar-refractivity contribution in [3.63, 3.8) is 0 Å². The molecule has 1 aliphatic rings. The molecule has 2 heterocycles. The molecule has 1 saturated heterocycles. The lowest BCUT2D eigenvalue weighted by atomic mass is 10.1. The van der Waals surface area contributed by atoms with Crippen LogP contribution in [0.1, 0.15) is 23.9 Å². The number of carbonyl (C=O) groups is 1. The van der Waals surface area contributed by atoms with Crippen LogP contribution in [0.3, 0.4) is 0 Å². The summed E-state index contributed by atoms with van der Waals surface area (Å²) in [6.45, 7) is 2.43. The van der Waals surface area contributed by atoms with Crippen molar-refractivity contribution in [1.29, 1.82) is 0 Å². The van der Waals surface area contributed by atoms with Gasteiger partial charge in [0.2, 0.25) is 0 Å². The molecule has 0 bridgehead atoms. The Morgan fingerprint density at radius 2 is 2.26 bits per heavy atom. The van der Waals surface area contributed by atoms with Gasteiger partial charge in [0, 0.05) is 23.4 Å². The number of hydrogen-bond acceptors (Lipinski definition) is 5. The zero-order chi connectivity index (χ0) is 14.2. The molecule has 0 radical (unpaired) electrons. The van der Waals surface area contributed by atoms with Gasteiger partial charge < -0.3 is 14.5 Å². The lowest BCUT2D eigenvalue weighted by molar-refractivity contribution is 0.0841. The summed E-state index contributed by atoms with van der Waals surface area (Å²) in [5, 5.41) is 2.72. The maximum Gasteiger partial charge on any atom is 0.287 e. The molecule has 2 rings (SSSR count). The van der Waals surface area contributed by atoms with Crippen molar-refractivity contribution in [2.24, 2.45) is 0 Å². The minimum absolute atomic E-state index is 0.0846. The molecule has 6 nitrogen and oxygen atoms in total. The molecule has 2 unspecified atom stereocenters. The number of carbonyl (C=O) groups excluding carboxylic acids is 1. The highest BCUT2D eigenvalue weighted by Gasteiger charge is 2.28. The summed E-state index contributed by atoms with van der Waals surface area (Å²) in [6, 6.07) is 0.967. The van der Waals surface area contributed by atoms with E-state index in [2.05, 4.69) is 21.2 Å². The molecule has 2 atom stereocenters. The molecule has 0 aromatic carbocycles. The molecule has 1 aromatic rings. The minimum atomic E-state index is -3.96. The second-order valence-corrected chi connectivity index (χ2v) is 7.39. The van der Waals surface area contributed by atoms with Gasteiger partial charge in [0.15, 0.2) is 10.4 Å². The van der Waals surface area contributed by atoms with Crippen LogP contribution >= 0.6 is 26.6 Å². The highest BCUT2D eigenvalue weighted by Crippen LogP contribution is 2.29. The topological polar surface area (TPSA) is 85.6 Å². The van der Waals surface area contributed by atoms with E-state index in [9.17, 15) is 13.2 Å². The predicted octanol–water partition coefficient (Wildman–Crippen LogP) is 1.88. The molecule has 0 saturated carbocycles. The molecule has 0 aliphatic carbocycles. The average molecular weight is 373 g/mol. The van der Waals surface area contributed by atoms with Crippen LogP contribution in [0.25, 0.3) is 0 Å². The Labute approximate surface area is 123 Å². The van der Waals surface area contributed by atoms with Crippen molar-refractivity contribution < 1.29 is 22.4 Å². The van der Waals surface area contributed by atoms with Gasteiger partial charge in [-0.2, -0.15) is 0 Å². The van der Waals surface area contributed by atoms with Crippen LogP contribution in [0.15, 0.2) is 20.0 Å². The third-order valence-electron chi connectivity index (χ3n) is 2.83. The standard InChI is InChI=1S/C10H11BrClNO5S/c1-5-6(2-3-17-5)13-10(14)7-4-8(9(11)18-7)19(12,15)16/h4-6H,2-3H2,1H3,(H,13,14). The van der Waals surface area contributed by atoms with E-state index in [0.717, 1.165) is 6.07 Å². The van der Waals surface area contributed by atoms with Gasteiger partial charge >= 0.3 is 0 Å². The van der Waals surface area contributed by atoms with Gasteiger partial charge in [0.25, 0.3) is 15.0 Å². The van der Waals surface area contributed by atoms with Crippen molar-refractivity contribution >= 4 is 41.6 Å². The summed E-state index contributed by atoms with van der Waals surface area (Å²) in [5.41, 5.74) is 0. The third-order valence-corrected chi connectivity index (χ3v) is 5.01. The Balaban J connectivity index is 2.16. The molecule has 19 heavy (non-hydrogen) atoms. The predicted molar refractivity (Wildman–Crippen MR) is 70.7 cm³/mol. The van der Waals surface area contributed by atoms with E-state index in [1.807, 2.05) is 6.92 Å². The second-order valence-electron chi connectivity index (χ2n) is 4.13. The van der Waals surface area contributed by atoms with E-state index in [1.165, 1.54) is 0 Å². The monoisotopic (exact) mass is 371 g/mol. The third kappa shape index (κ3) is 3.31. The summed E-state index contributed by atoms with van der Waals surface area (Å²) in [6.07, 6.45) is 0.619. The number of ether oxygens (including phenoxy) is 1. The first kappa shape index (κ1) is 14.8. The van der Waals surface area contributed by atoms with Gasteiger partial charge in [0.1, 0.15) is 4.90 Å². The van der Waals surface area contributed by atoms with Crippen LogP contribution in [0.4, 0.5) is 0 Å². The van der Waals surface area contributed by atoms with E-state index in [4.69, 9.17) is 19.8 Å². The van der Waals surface area contributed by atoms with Gasteiger partial charge in [-0.3, -0.25) is 4.79 Å². The van der Waals surface area contributed by atoms with Crippen LogP contribution < -0.4 is 5.32 Å². The molecule has 1 aliphatic heterocycles. The molecule has 0 spiro atoms. The molecule has 1 amide bonds. The van der Waals surface area contributed by atoms with Crippen LogP contribution in [-0.4, -0.2) is 33.1 Å². The lowest BCUT2D eigenvalue weighted by Crippen LogP contribution is -2.39. The highest BCUT2D eigenvalue weighted by molar-refractivity contribution is 9.10. The number of nitrogens with one attached hydrogen (secondary N) is 1. The number of amides is 1. The molecule has 9 heteroatoms. The zero-order valence-electron chi connectivity index (χ0n) is 9.85. The molecular formula is C10H11BrClNO5S. The molecule has 106 valence electrons. The average Bonchev–Trinajstić information content (AvgIpc) is 2.85. The van der Waals surface area contributed by atoms with Crippen LogP contribution in [0.2, 0.25) is 0 Å². The Hall–Kier alpha value is -0.570. The number of furan rings is 1. The maximum absolute atomic E-state index is 11.9. The summed E-state index contributed by atoms with van der Waals surface area (Å²) >= 11 is 2.91. The van der Waals surface area contributed by atoms with Crippen molar-refractivity contribution in [3.8, 4) is 0 Å². The van der Waals surface area contributed by atoms with Crippen molar-refractivity contribution in [1.82, 2.24) is 5.32 Å². The fourth-order valence-electron chi connectivity index (χ4n) is 1.79. The van der Waals surface area contributed by atoms with E-state index < -0.39 is 15.0 Å². The molecule has 1 N–H and O–H groups in total. The van der Waals surface area contributed by atoms with Gasteiger partial charge in [-0.1, -0.05) is 0 Å². The summed E-state index contributed by atoms with van der Waals surface area (Å²) in [4.78, 5) is 11.7. The quantitative estimate of drug-likeness (QED) is 0.819.